The highest BCUT2D eigenvalue weighted by atomic mass is 16.4. The molecule has 0 aliphatic carbocycles. The Morgan fingerprint density at radius 1 is 0.760 bits per heavy atom. The van der Waals surface area contributed by atoms with E-state index < -0.39 is 0 Å². The van der Waals surface area contributed by atoms with Crippen molar-refractivity contribution in [3.05, 3.63) is 71.0 Å². The number of hydrogen-bond donors (Lipinski definition) is 0. The predicted molar refractivity (Wildman–Crippen MR) is 96.0 cm³/mol. The largest absolute Gasteiger partial charge is 0.452 e. The van der Waals surface area contributed by atoms with Crippen molar-refractivity contribution in [2.45, 2.75) is 0 Å². The molecular weight excluding hydrogens is 316 g/mol. The van der Waals surface area contributed by atoms with E-state index in [1.165, 1.54) is 4.40 Å². The quantitative estimate of drug-likeness (QED) is 0.412. The second-order valence-corrected chi connectivity index (χ2v) is 6.04. The molecule has 6 aromatic rings. The van der Waals surface area contributed by atoms with Crippen molar-refractivity contribution < 1.29 is 8.83 Å². The number of rotatable bonds is 0. The van der Waals surface area contributed by atoms with Gasteiger partial charge in [-0.1, -0.05) is 30.3 Å². The minimum atomic E-state index is -0.160. The third kappa shape index (κ3) is 1.52. The highest BCUT2D eigenvalue weighted by molar-refractivity contribution is 6.13. The maximum atomic E-state index is 13.0. The minimum absolute atomic E-state index is 0.160. The first-order valence-corrected chi connectivity index (χ1v) is 7.95. The molecule has 25 heavy (non-hydrogen) atoms. The number of imidazole rings is 1. The lowest BCUT2D eigenvalue weighted by molar-refractivity contribution is 0.600. The Morgan fingerprint density at radius 2 is 1.52 bits per heavy atom. The lowest BCUT2D eigenvalue weighted by atomic mass is 10.1. The van der Waals surface area contributed by atoms with Crippen LogP contribution in [0.2, 0.25) is 0 Å². The molecular formula is C20H10N2O3. The maximum Gasteiger partial charge on any atom is 0.310 e. The first-order chi connectivity index (χ1) is 12.3. The zero-order valence-electron chi connectivity index (χ0n) is 12.9. The fourth-order valence-electron chi connectivity index (χ4n) is 3.51. The van der Waals surface area contributed by atoms with Gasteiger partial charge < -0.3 is 8.83 Å². The first kappa shape index (κ1) is 12.8. The molecule has 3 heterocycles. The molecule has 0 unspecified atom stereocenters. The number of fused-ring (bicyclic) bond motifs is 8. The number of nitrogens with zero attached hydrogens (tertiary/aromatic N) is 2. The van der Waals surface area contributed by atoms with Gasteiger partial charge in [0, 0.05) is 10.8 Å². The molecule has 3 aromatic carbocycles. The molecule has 0 atom stereocenters. The van der Waals surface area contributed by atoms with Crippen LogP contribution in [0.25, 0.3) is 49.8 Å². The number of hydrogen-bond acceptors (Lipinski definition) is 4. The van der Waals surface area contributed by atoms with E-state index in [1.54, 1.807) is 6.07 Å². The Morgan fingerprint density at radius 3 is 2.48 bits per heavy atom. The molecule has 0 amide bonds. The molecule has 3 aromatic heterocycles. The molecule has 5 nitrogen and oxygen atoms in total. The van der Waals surface area contributed by atoms with Crippen molar-refractivity contribution in [1.82, 2.24) is 9.38 Å². The van der Waals surface area contributed by atoms with Crippen LogP contribution in [0.15, 0.2) is 74.3 Å². The summed E-state index contributed by atoms with van der Waals surface area (Å²) in [4.78, 5) is 17.5. The maximum absolute atomic E-state index is 13.0. The molecule has 0 spiro atoms. The summed E-state index contributed by atoms with van der Waals surface area (Å²) in [6.45, 7) is 0. The van der Waals surface area contributed by atoms with Gasteiger partial charge in [0.15, 0.2) is 11.2 Å². The molecule has 118 valence electrons. The van der Waals surface area contributed by atoms with Crippen LogP contribution in [-0.2, 0) is 0 Å². The first-order valence-electron chi connectivity index (χ1n) is 7.95. The van der Waals surface area contributed by atoms with E-state index >= 15 is 0 Å². The van der Waals surface area contributed by atoms with Crippen LogP contribution < -0.4 is 5.56 Å². The zero-order valence-corrected chi connectivity index (χ0v) is 12.9. The van der Waals surface area contributed by atoms with Gasteiger partial charge in [-0.05, 0) is 30.3 Å². The fourth-order valence-corrected chi connectivity index (χ4v) is 3.51. The van der Waals surface area contributed by atoms with Crippen LogP contribution in [0.4, 0.5) is 0 Å². The van der Waals surface area contributed by atoms with Crippen molar-refractivity contribution in [1.29, 1.82) is 0 Å². The van der Waals surface area contributed by atoms with Crippen molar-refractivity contribution in [2.24, 2.45) is 0 Å². The highest BCUT2D eigenvalue weighted by Gasteiger charge is 2.17. The van der Waals surface area contributed by atoms with E-state index in [4.69, 9.17) is 8.83 Å². The van der Waals surface area contributed by atoms with Crippen molar-refractivity contribution in [3.63, 3.8) is 0 Å². The number of aromatic nitrogens is 2. The van der Waals surface area contributed by atoms with E-state index in [0.29, 0.717) is 16.6 Å². The average Bonchev–Trinajstić information content (AvgIpc) is 3.20. The van der Waals surface area contributed by atoms with Gasteiger partial charge in [-0.15, -0.1) is 0 Å². The van der Waals surface area contributed by atoms with Gasteiger partial charge in [-0.3, -0.25) is 4.79 Å². The predicted octanol–water partition coefficient (Wildman–Crippen LogP) is 4.49. The minimum Gasteiger partial charge on any atom is -0.452 e. The third-order valence-electron chi connectivity index (χ3n) is 4.66. The Hall–Kier alpha value is -3.60. The summed E-state index contributed by atoms with van der Waals surface area (Å²) in [6, 6.07) is 19.0. The lowest BCUT2D eigenvalue weighted by Crippen LogP contribution is -2.12. The van der Waals surface area contributed by atoms with Gasteiger partial charge in [0.2, 0.25) is 0 Å². The van der Waals surface area contributed by atoms with Crippen molar-refractivity contribution in [2.75, 3.05) is 0 Å². The lowest BCUT2D eigenvalue weighted by Gasteiger charge is -1.99. The highest BCUT2D eigenvalue weighted by Crippen LogP contribution is 2.33. The summed E-state index contributed by atoms with van der Waals surface area (Å²) in [5, 5.41) is 2.39. The van der Waals surface area contributed by atoms with Crippen LogP contribution in [0.1, 0.15) is 0 Å². The average molecular weight is 326 g/mol. The van der Waals surface area contributed by atoms with E-state index in [9.17, 15) is 4.79 Å². The van der Waals surface area contributed by atoms with Crippen LogP contribution in [0.5, 0.6) is 0 Å². The summed E-state index contributed by atoms with van der Waals surface area (Å²) in [7, 11) is 0. The van der Waals surface area contributed by atoms with Gasteiger partial charge in [0.1, 0.15) is 5.58 Å². The Bertz CT molecular complexity index is 1520. The molecule has 5 heteroatoms. The Balaban J connectivity index is 1.91. The van der Waals surface area contributed by atoms with Crippen LogP contribution in [-0.4, -0.2) is 9.38 Å². The molecule has 0 fully saturated rings. The van der Waals surface area contributed by atoms with Gasteiger partial charge in [-0.25, -0.2) is 4.40 Å². The van der Waals surface area contributed by atoms with Crippen molar-refractivity contribution in [3.8, 4) is 0 Å². The van der Waals surface area contributed by atoms with Gasteiger partial charge in [0.25, 0.3) is 5.56 Å². The van der Waals surface area contributed by atoms with Gasteiger partial charge >= 0.3 is 5.84 Å². The molecule has 0 aliphatic heterocycles. The topological polar surface area (TPSA) is 60.7 Å². The Labute approximate surface area is 139 Å². The number of benzene rings is 3. The van der Waals surface area contributed by atoms with Crippen molar-refractivity contribution >= 4 is 49.8 Å². The number of furan rings is 1. The summed E-state index contributed by atoms with van der Waals surface area (Å²) in [6.07, 6.45) is 0. The summed E-state index contributed by atoms with van der Waals surface area (Å²) in [5.41, 5.74) is 3.07. The summed E-state index contributed by atoms with van der Waals surface area (Å²) >= 11 is 0. The van der Waals surface area contributed by atoms with Crippen LogP contribution >= 0.6 is 0 Å². The van der Waals surface area contributed by atoms with E-state index in [0.717, 1.165) is 27.4 Å². The zero-order chi connectivity index (χ0) is 16.5. The monoisotopic (exact) mass is 326 g/mol. The molecule has 0 bridgehead atoms. The van der Waals surface area contributed by atoms with Crippen LogP contribution in [0, 0.1) is 0 Å². The molecule has 0 aliphatic rings. The second-order valence-electron chi connectivity index (χ2n) is 6.04. The SMILES string of the molecule is O=c1c2ccc3c4ccccc4oc3c2oc2nc3ccccc3n12. The van der Waals surface area contributed by atoms with Crippen LogP contribution in [0.3, 0.4) is 0 Å². The third-order valence-corrected chi connectivity index (χ3v) is 4.66. The molecule has 6 rings (SSSR count). The van der Waals surface area contributed by atoms with E-state index in [2.05, 4.69) is 4.98 Å². The smallest absolute Gasteiger partial charge is 0.310 e. The van der Waals surface area contributed by atoms with E-state index in [-0.39, 0.29) is 11.4 Å². The second kappa shape index (κ2) is 4.27. The number of para-hydroxylation sites is 3. The fraction of sp³-hybridized carbons (Fsp3) is 0. The molecule has 0 saturated carbocycles. The summed E-state index contributed by atoms with van der Waals surface area (Å²) < 4.78 is 13.5. The van der Waals surface area contributed by atoms with E-state index in [1.807, 2.05) is 54.6 Å². The molecule has 0 radical (unpaired) electrons. The standard InChI is InChI=1S/C20H10N2O3/c23-19-13-10-9-12-11-5-1-4-8-16(11)24-17(12)18(13)25-20-21-14-6-2-3-7-15(14)22(19)20/h1-10H. The van der Waals surface area contributed by atoms with Gasteiger partial charge in [0.05, 0.1) is 16.4 Å². The summed E-state index contributed by atoms with van der Waals surface area (Å²) in [5.74, 6) is 0.270. The normalized spacial score (nSPS) is 12.2. The Kier molecular flexibility index (Phi) is 2.18. The molecule has 0 N–H and O–H groups in total. The molecule has 0 saturated heterocycles. The van der Waals surface area contributed by atoms with Gasteiger partial charge in [-0.2, -0.15) is 4.98 Å².